The fraction of sp³-hybridized carbons (Fsp3) is 0.529. The highest BCUT2D eigenvalue weighted by atomic mass is 32.2. The molecule has 2 nitrogen and oxygen atoms in total. The van der Waals surface area contributed by atoms with Gasteiger partial charge in [0.05, 0.1) is 0 Å². The second-order valence-electron chi connectivity index (χ2n) is 5.80. The average Bonchev–Trinajstić information content (AvgIpc) is 2.86. The van der Waals surface area contributed by atoms with Crippen molar-refractivity contribution >= 4 is 22.7 Å². The molecule has 2 unspecified atom stereocenters. The van der Waals surface area contributed by atoms with Crippen molar-refractivity contribution in [3.63, 3.8) is 0 Å². The van der Waals surface area contributed by atoms with Crippen LogP contribution in [-0.4, -0.2) is 23.0 Å². The summed E-state index contributed by atoms with van der Waals surface area (Å²) in [6.45, 7) is 3.42. The Morgan fingerprint density at radius 2 is 2.25 bits per heavy atom. The smallest absolute Gasteiger partial charge is 0.0476 e. The second-order valence-corrected chi connectivity index (χ2v) is 7.07. The van der Waals surface area contributed by atoms with E-state index in [1.54, 1.807) is 5.56 Å². The van der Waals surface area contributed by atoms with E-state index < -0.39 is 0 Å². The number of fused-ring (bicyclic) bond motifs is 3. The van der Waals surface area contributed by atoms with Crippen LogP contribution in [0.2, 0.25) is 0 Å². The Hall–Kier alpha value is -0.930. The maximum atomic E-state index is 3.76. The minimum atomic E-state index is 0.514. The van der Waals surface area contributed by atoms with Gasteiger partial charge in [-0.15, -0.1) is 0 Å². The lowest BCUT2D eigenvalue weighted by Crippen LogP contribution is -2.27. The molecule has 0 radical (unpaired) electrons. The Labute approximate surface area is 125 Å². The molecule has 1 aliphatic rings. The zero-order valence-electron chi connectivity index (χ0n) is 12.4. The van der Waals surface area contributed by atoms with Gasteiger partial charge in [-0.3, -0.25) is 0 Å². The summed E-state index contributed by atoms with van der Waals surface area (Å²) in [6, 6.07) is 9.23. The van der Waals surface area contributed by atoms with E-state index in [-0.39, 0.29) is 0 Å². The van der Waals surface area contributed by atoms with Crippen LogP contribution in [0.15, 0.2) is 24.3 Å². The van der Waals surface area contributed by atoms with Gasteiger partial charge in [0.2, 0.25) is 0 Å². The molecule has 0 saturated heterocycles. The normalized spacial score (nSPS) is 20.0. The first-order chi connectivity index (χ1) is 9.79. The number of aromatic nitrogens is 1. The van der Waals surface area contributed by atoms with Crippen molar-refractivity contribution in [3.8, 4) is 0 Å². The summed E-state index contributed by atoms with van der Waals surface area (Å²) < 4.78 is 0. The monoisotopic (exact) mass is 288 g/mol. The van der Waals surface area contributed by atoms with E-state index in [2.05, 4.69) is 47.7 Å². The molecule has 1 heterocycles. The Morgan fingerprint density at radius 3 is 3.10 bits per heavy atom. The number of nitrogens with one attached hydrogen (secondary N) is 2. The molecule has 2 atom stereocenters. The Balaban J connectivity index is 1.76. The van der Waals surface area contributed by atoms with Crippen LogP contribution in [0.25, 0.3) is 10.9 Å². The third kappa shape index (κ3) is 2.75. The first-order valence-corrected chi connectivity index (χ1v) is 8.94. The minimum absolute atomic E-state index is 0.514. The molecule has 0 fully saturated rings. The first kappa shape index (κ1) is 14.0. The van der Waals surface area contributed by atoms with Crippen LogP contribution in [0.3, 0.4) is 0 Å². The zero-order chi connectivity index (χ0) is 13.9. The largest absolute Gasteiger partial charge is 0.357 e. The molecular weight excluding hydrogens is 264 g/mol. The SMILES string of the molecule is CSC(C)CCNC1CCCc2c1[nH]c1ccccc21. The number of aromatic amines is 1. The second kappa shape index (κ2) is 6.23. The molecule has 1 aliphatic carbocycles. The lowest BCUT2D eigenvalue weighted by atomic mass is 9.91. The van der Waals surface area contributed by atoms with E-state index in [1.807, 2.05) is 11.8 Å². The molecule has 0 bridgehead atoms. The Morgan fingerprint density at radius 1 is 1.40 bits per heavy atom. The summed E-state index contributed by atoms with van der Waals surface area (Å²) in [5.74, 6) is 0. The molecule has 0 aliphatic heterocycles. The van der Waals surface area contributed by atoms with E-state index in [1.165, 1.54) is 42.3 Å². The first-order valence-electron chi connectivity index (χ1n) is 7.65. The average molecular weight is 288 g/mol. The summed E-state index contributed by atoms with van der Waals surface area (Å²) in [5, 5.41) is 5.93. The number of rotatable bonds is 5. The van der Waals surface area contributed by atoms with Crippen molar-refractivity contribution < 1.29 is 0 Å². The third-order valence-corrected chi connectivity index (χ3v) is 5.50. The molecule has 1 aromatic carbocycles. The van der Waals surface area contributed by atoms with Gasteiger partial charge in [0, 0.05) is 27.9 Å². The number of para-hydroxylation sites is 1. The molecule has 1 aromatic heterocycles. The number of benzene rings is 1. The quantitative estimate of drug-likeness (QED) is 0.859. The van der Waals surface area contributed by atoms with Crippen molar-refractivity contribution in [1.82, 2.24) is 10.3 Å². The van der Waals surface area contributed by atoms with Crippen LogP contribution in [0.1, 0.15) is 43.5 Å². The highest BCUT2D eigenvalue weighted by Crippen LogP contribution is 2.34. The topological polar surface area (TPSA) is 27.8 Å². The van der Waals surface area contributed by atoms with Crippen molar-refractivity contribution in [1.29, 1.82) is 0 Å². The van der Waals surface area contributed by atoms with E-state index in [0.29, 0.717) is 6.04 Å². The van der Waals surface area contributed by atoms with E-state index in [9.17, 15) is 0 Å². The van der Waals surface area contributed by atoms with Crippen LogP contribution in [0.4, 0.5) is 0 Å². The lowest BCUT2D eigenvalue weighted by molar-refractivity contribution is 0.449. The van der Waals surface area contributed by atoms with Crippen LogP contribution in [-0.2, 0) is 6.42 Å². The summed E-state index contributed by atoms with van der Waals surface area (Å²) >= 11 is 1.95. The van der Waals surface area contributed by atoms with Crippen LogP contribution >= 0.6 is 11.8 Å². The predicted molar refractivity (Wildman–Crippen MR) is 89.6 cm³/mol. The van der Waals surface area contributed by atoms with Crippen molar-refractivity contribution in [2.75, 3.05) is 12.8 Å². The highest BCUT2D eigenvalue weighted by Gasteiger charge is 2.23. The fourth-order valence-electron chi connectivity index (χ4n) is 3.20. The molecule has 20 heavy (non-hydrogen) atoms. The predicted octanol–water partition coefficient (Wildman–Crippen LogP) is 4.28. The van der Waals surface area contributed by atoms with Crippen molar-refractivity contribution in [3.05, 3.63) is 35.5 Å². The fourth-order valence-corrected chi connectivity index (χ4v) is 3.55. The van der Waals surface area contributed by atoms with Gasteiger partial charge in [0.15, 0.2) is 0 Å². The van der Waals surface area contributed by atoms with Crippen LogP contribution in [0, 0.1) is 0 Å². The van der Waals surface area contributed by atoms with Crippen molar-refractivity contribution in [2.45, 2.75) is 43.9 Å². The number of H-pyrrole nitrogens is 1. The number of aryl methyl sites for hydroxylation is 1. The van der Waals surface area contributed by atoms with Gasteiger partial charge in [-0.05, 0) is 50.1 Å². The molecule has 108 valence electrons. The van der Waals surface area contributed by atoms with Gasteiger partial charge in [-0.25, -0.2) is 0 Å². The minimum Gasteiger partial charge on any atom is -0.357 e. The van der Waals surface area contributed by atoms with E-state index in [4.69, 9.17) is 0 Å². The van der Waals surface area contributed by atoms with E-state index in [0.717, 1.165) is 11.8 Å². The van der Waals surface area contributed by atoms with Gasteiger partial charge in [0.25, 0.3) is 0 Å². The summed E-state index contributed by atoms with van der Waals surface area (Å²) in [7, 11) is 0. The van der Waals surface area contributed by atoms with E-state index >= 15 is 0 Å². The third-order valence-electron chi connectivity index (χ3n) is 4.46. The maximum Gasteiger partial charge on any atom is 0.0476 e. The molecule has 0 saturated carbocycles. The van der Waals surface area contributed by atoms with Crippen molar-refractivity contribution in [2.24, 2.45) is 0 Å². The maximum absolute atomic E-state index is 3.76. The number of hydrogen-bond donors (Lipinski definition) is 2. The summed E-state index contributed by atoms with van der Waals surface area (Å²) in [5.41, 5.74) is 4.28. The highest BCUT2D eigenvalue weighted by molar-refractivity contribution is 7.99. The van der Waals surface area contributed by atoms with Gasteiger partial charge >= 0.3 is 0 Å². The Kier molecular flexibility index (Phi) is 4.37. The molecule has 3 rings (SSSR count). The van der Waals surface area contributed by atoms with Crippen LogP contribution < -0.4 is 5.32 Å². The number of hydrogen-bond acceptors (Lipinski definition) is 2. The summed E-state index contributed by atoms with van der Waals surface area (Å²) in [6.07, 6.45) is 7.21. The molecule has 2 N–H and O–H groups in total. The zero-order valence-corrected chi connectivity index (χ0v) is 13.2. The lowest BCUT2D eigenvalue weighted by Gasteiger charge is -2.24. The van der Waals surface area contributed by atoms with Gasteiger partial charge < -0.3 is 10.3 Å². The molecule has 2 aromatic rings. The molecule has 0 amide bonds. The van der Waals surface area contributed by atoms with Gasteiger partial charge in [-0.1, -0.05) is 25.1 Å². The molecular formula is C17H24N2S. The molecule has 0 spiro atoms. The number of thioether (sulfide) groups is 1. The summed E-state index contributed by atoms with van der Waals surface area (Å²) in [4.78, 5) is 3.65. The van der Waals surface area contributed by atoms with Crippen LogP contribution in [0.5, 0.6) is 0 Å². The Bertz CT molecular complexity index is 575. The standard InChI is InChI=1S/C17H24N2S/c1-12(20-2)10-11-18-16-9-5-7-14-13-6-3-4-8-15(13)19-17(14)16/h3-4,6,8,12,16,18-19H,5,7,9-11H2,1-2H3. The molecule has 3 heteroatoms. The van der Waals surface area contributed by atoms with Gasteiger partial charge in [-0.2, -0.15) is 11.8 Å². The van der Waals surface area contributed by atoms with Gasteiger partial charge in [0.1, 0.15) is 0 Å².